The van der Waals surface area contributed by atoms with Crippen LogP contribution in [0.4, 0.5) is 11.4 Å². The lowest BCUT2D eigenvalue weighted by Gasteiger charge is -2.22. The van der Waals surface area contributed by atoms with Gasteiger partial charge < -0.3 is 20.6 Å². The van der Waals surface area contributed by atoms with Crippen molar-refractivity contribution in [3.05, 3.63) is 83.7 Å². The van der Waals surface area contributed by atoms with Gasteiger partial charge in [0.15, 0.2) is 5.88 Å². The second kappa shape index (κ2) is 8.19. The number of nitrogens with zero attached hydrogens (tertiary/aromatic N) is 2. The lowest BCUT2D eigenvalue weighted by Crippen LogP contribution is -2.30. The first-order chi connectivity index (χ1) is 15.3. The Bertz CT molecular complexity index is 1310. The highest BCUT2D eigenvalue weighted by atomic mass is 16.5. The highest BCUT2D eigenvalue weighted by Crippen LogP contribution is 2.33. The summed E-state index contributed by atoms with van der Waals surface area (Å²) < 4.78 is 4.92. The van der Waals surface area contributed by atoms with Crippen molar-refractivity contribution in [3.8, 4) is 5.88 Å². The van der Waals surface area contributed by atoms with Crippen LogP contribution >= 0.6 is 0 Å². The highest BCUT2D eigenvalue weighted by Gasteiger charge is 2.30. The molecule has 0 saturated heterocycles. The number of benzene rings is 2. The average molecular weight is 428 g/mol. The van der Waals surface area contributed by atoms with Gasteiger partial charge in [0.1, 0.15) is 0 Å². The minimum absolute atomic E-state index is 0.00310. The van der Waals surface area contributed by atoms with Crippen LogP contribution in [0, 0.1) is 0 Å². The Balaban J connectivity index is 1.85. The third kappa shape index (κ3) is 3.80. The molecule has 0 amide bonds. The maximum atomic E-state index is 12.1. The summed E-state index contributed by atoms with van der Waals surface area (Å²) in [6, 6.07) is 16.5. The minimum Gasteiger partial charge on any atom is -0.494 e. The Morgan fingerprint density at radius 1 is 1.16 bits per heavy atom. The summed E-state index contributed by atoms with van der Waals surface area (Å²) >= 11 is 0. The van der Waals surface area contributed by atoms with Gasteiger partial charge in [0.25, 0.3) is 0 Å². The summed E-state index contributed by atoms with van der Waals surface area (Å²) in [6.45, 7) is 3.63. The van der Waals surface area contributed by atoms with Gasteiger partial charge in [-0.25, -0.2) is 4.99 Å². The largest absolute Gasteiger partial charge is 0.494 e. The monoisotopic (exact) mass is 428 g/mol. The van der Waals surface area contributed by atoms with E-state index in [4.69, 9.17) is 15.5 Å². The van der Waals surface area contributed by atoms with Crippen molar-refractivity contribution in [1.29, 1.82) is 0 Å². The van der Waals surface area contributed by atoms with E-state index in [0.29, 0.717) is 28.2 Å². The first-order valence-electron chi connectivity index (χ1n) is 10.1. The number of aromatic hydroxyl groups is 1. The average Bonchev–Trinajstić information content (AvgIpc) is 3.12. The van der Waals surface area contributed by atoms with Crippen molar-refractivity contribution in [1.82, 2.24) is 9.97 Å². The number of methoxy groups -OCH3 is 1. The summed E-state index contributed by atoms with van der Waals surface area (Å²) in [6.07, 6.45) is 3.38. The Hall–Kier alpha value is -4.13. The number of anilines is 1. The van der Waals surface area contributed by atoms with Crippen LogP contribution in [0.1, 0.15) is 30.5 Å². The Morgan fingerprint density at radius 2 is 1.91 bits per heavy atom. The van der Waals surface area contributed by atoms with Gasteiger partial charge >= 0.3 is 5.97 Å². The predicted octanol–water partition coefficient (Wildman–Crippen LogP) is 4.47. The molecule has 32 heavy (non-hydrogen) atoms. The zero-order valence-electron chi connectivity index (χ0n) is 18.1. The molecule has 2 aromatic heterocycles. The van der Waals surface area contributed by atoms with Gasteiger partial charge in [-0.3, -0.25) is 9.78 Å². The van der Waals surface area contributed by atoms with E-state index < -0.39 is 5.41 Å². The van der Waals surface area contributed by atoms with Crippen LogP contribution < -0.4 is 5.73 Å². The maximum absolute atomic E-state index is 12.1. The Morgan fingerprint density at radius 3 is 2.56 bits per heavy atom. The summed E-state index contributed by atoms with van der Waals surface area (Å²) in [5.41, 5.74) is 9.78. The van der Waals surface area contributed by atoms with Crippen molar-refractivity contribution < 1.29 is 14.6 Å². The predicted molar refractivity (Wildman–Crippen MR) is 125 cm³/mol. The standard InChI is InChI=1S/C25H24N4O3/c1-25(2,24(31)32-3)16-6-9-18(10-7-16)28-22(15-5-4-12-27-14-15)21-19-11-8-17(26)13-20(19)29-23(21)30/h4-14,29-30H,26H2,1-3H3. The third-order valence-electron chi connectivity index (χ3n) is 5.50. The number of aliphatic imine (C=N–C) groups is 1. The van der Waals surface area contributed by atoms with E-state index in [1.54, 1.807) is 24.5 Å². The fourth-order valence-corrected chi connectivity index (χ4v) is 3.66. The number of esters is 1. The number of ether oxygens (including phenoxy) is 1. The molecule has 162 valence electrons. The number of H-pyrrole nitrogens is 1. The molecule has 0 saturated carbocycles. The van der Waals surface area contributed by atoms with Gasteiger partial charge in [-0.1, -0.05) is 12.1 Å². The molecule has 0 aliphatic carbocycles. The van der Waals surface area contributed by atoms with E-state index in [1.165, 1.54) is 7.11 Å². The van der Waals surface area contributed by atoms with Crippen LogP contribution in [0.3, 0.4) is 0 Å². The molecule has 4 N–H and O–H groups in total. The summed E-state index contributed by atoms with van der Waals surface area (Å²) in [5, 5.41) is 11.5. The van der Waals surface area contributed by atoms with Crippen LogP contribution in [0.2, 0.25) is 0 Å². The molecule has 2 heterocycles. The van der Waals surface area contributed by atoms with E-state index in [0.717, 1.165) is 16.5 Å². The number of nitrogens with two attached hydrogens (primary N) is 1. The van der Waals surface area contributed by atoms with Crippen molar-refractivity contribution >= 4 is 34.0 Å². The molecule has 4 aromatic rings. The number of aromatic amines is 1. The fraction of sp³-hybridized carbons (Fsp3) is 0.160. The van der Waals surface area contributed by atoms with E-state index in [9.17, 15) is 9.90 Å². The SMILES string of the molecule is COC(=O)C(C)(C)c1ccc(N=C(c2cccnc2)c2c(O)[nH]c3cc(N)ccc23)cc1. The molecule has 0 fully saturated rings. The number of carbonyl (C=O) groups is 1. The molecule has 0 radical (unpaired) electrons. The first kappa shape index (κ1) is 21.1. The molecule has 0 spiro atoms. The Kier molecular flexibility index (Phi) is 5.40. The first-order valence-corrected chi connectivity index (χ1v) is 10.1. The number of fused-ring (bicyclic) bond motifs is 1. The van der Waals surface area contributed by atoms with Gasteiger partial charge in [0.2, 0.25) is 0 Å². The number of pyridine rings is 1. The van der Waals surface area contributed by atoms with Crippen LogP contribution in [0.15, 0.2) is 72.0 Å². The number of rotatable bonds is 5. The van der Waals surface area contributed by atoms with Gasteiger partial charge in [-0.2, -0.15) is 0 Å². The van der Waals surface area contributed by atoms with E-state index in [-0.39, 0.29) is 11.8 Å². The van der Waals surface area contributed by atoms with Crippen molar-refractivity contribution in [2.24, 2.45) is 4.99 Å². The fourth-order valence-electron chi connectivity index (χ4n) is 3.66. The second-order valence-corrected chi connectivity index (χ2v) is 8.02. The lowest BCUT2D eigenvalue weighted by atomic mass is 9.85. The molecular formula is C25H24N4O3. The molecule has 7 heteroatoms. The van der Waals surface area contributed by atoms with Crippen LogP contribution in [-0.4, -0.2) is 33.9 Å². The Labute approximate surface area is 185 Å². The number of aromatic nitrogens is 2. The molecule has 4 rings (SSSR count). The van der Waals surface area contributed by atoms with Gasteiger partial charge in [0, 0.05) is 29.0 Å². The zero-order valence-corrected chi connectivity index (χ0v) is 18.1. The van der Waals surface area contributed by atoms with Crippen molar-refractivity contribution in [2.75, 3.05) is 12.8 Å². The topological polar surface area (TPSA) is 114 Å². The number of carbonyl (C=O) groups excluding carboxylic acids is 1. The number of nitrogen functional groups attached to an aromatic ring is 1. The quantitative estimate of drug-likeness (QED) is 0.247. The lowest BCUT2D eigenvalue weighted by molar-refractivity contribution is -0.146. The zero-order chi connectivity index (χ0) is 22.9. The van der Waals surface area contributed by atoms with Crippen molar-refractivity contribution in [3.63, 3.8) is 0 Å². The summed E-state index contributed by atoms with van der Waals surface area (Å²) in [4.78, 5) is 24.2. The number of hydrogen-bond donors (Lipinski definition) is 3. The van der Waals surface area contributed by atoms with E-state index in [1.807, 2.05) is 56.3 Å². The van der Waals surface area contributed by atoms with E-state index >= 15 is 0 Å². The third-order valence-corrected chi connectivity index (χ3v) is 5.50. The normalized spacial score (nSPS) is 12.2. The molecular weight excluding hydrogens is 404 g/mol. The van der Waals surface area contributed by atoms with Crippen LogP contribution in [0.25, 0.3) is 10.9 Å². The number of nitrogens with one attached hydrogen (secondary N) is 1. The molecule has 0 bridgehead atoms. The number of hydrogen-bond acceptors (Lipinski definition) is 6. The summed E-state index contributed by atoms with van der Waals surface area (Å²) in [7, 11) is 1.38. The maximum Gasteiger partial charge on any atom is 0.315 e. The van der Waals surface area contributed by atoms with E-state index in [2.05, 4.69) is 9.97 Å². The van der Waals surface area contributed by atoms with Crippen LogP contribution in [0.5, 0.6) is 5.88 Å². The van der Waals surface area contributed by atoms with Gasteiger partial charge in [0.05, 0.1) is 35.0 Å². The second-order valence-electron chi connectivity index (χ2n) is 8.02. The molecule has 0 aliphatic rings. The smallest absolute Gasteiger partial charge is 0.315 e. The highest BCUT2D eigenvalue weighted by molar-refractivity contribution is 6.21. The molecule has 0 atom stereocenters. The van der Waals surface area contributed by atoms with Gasteiger partial charge in [-0.15, -0.1) is 0 Å². The van der Waals surface area contributed by atoms with Crippen molar-refractivity contribution in [2.45, 2.75) is 19.3 Å². The molecule has 2 aromatic carbocycles. The molecule has 7 nitrogen and oxygen atoms in total. The summed E-state index contributed by atoms with van der Waals surface area (Å²) in [5.74, 6) is -0.315. The molecule has 0 aliphatic heterocycles. The minimum atomic E-state index is -0.780. The molecule has 0 unspecified atom stereocenters. The van der Waals surface area contributed by atoms with Crippen LogP contribution in [-0.2, 0) is 14.9 Å². The van der Waals surface area contributed by atoms with Gasteiger partial charge in [-0.05, 0) is 61.9 Å².